The van der Waals surface area contributed by atoms with E-state index in [4.69, 9.17) is 10.5 Å². The van der Waals surface area contributed by atoms with E-state index in [1.807, 2.05) is 13.8 Å². The van der Waals surface area contributed by atoms with Crippen LogP contribution in [0.3, 0.4) is 0 Å². The number of benzene rings is 2. The normalized spacial score (nSPS) is 11.7. The fourth-order valence-electron chi connectivity index (χ4n) is 1.96. The molecular formula is C16H16F3NO. The van der Waals surface area contributed by atoms with Crippen LogP contribution in [0.15, 0.2) is 42.5 Å². The Morgan fingerprint density at radius 1 is 0.952 bits per heavy atom. The van der Waals surface area contributed by atoms with Gasteiger partial charge in [0.05, 0.1) is 5.56 Å². The molecule has 0 atom stereocenters. The second-order valence-electron chi connectivity index (χ2n) is 5.07. The van der Waals surface area contributed by atoms with Crippen LogP contribution in [0.2, 0.25) is 0 Å². The summed E-state index contributed by atoms with van der Waals surface area (Å²) in [6, 6.07) is 9.82. The van der Waals surface area contributed by atoms with E-state index in [0.717, 1.165) is 17.7 Å². The van der Waals surface area contributed by atoms with Gasteiger partial charge in [0.2, 0.25) is 0 Å². The summed E-state index contributed by atoms with van der Waals surface area (Å²) in [7, 11) is 0. The van der Waals surface area contributed by atoms with E-state index >= 15 is 0 Å². The van der Waals surface area contributed by atoms with E-state index in [9.17, 15) is 13.2 Å². The van der Waals surface area contributed by atoms with Crippen LogP contribution in [0, 0.1) is 0 Å². The zero-order valence-corrected chi connectivity index (χ0v) is 11.7. The molecule has 0 heterocycles. The first kappa shape index (κ1) is 15.2. The predicted octanol–water partition coefficient (Wildman–Crippen LogP) is 5.20. The molecule has 0 aliphatic heterocycles. The first-order valence-corrected chi connectivity index (χ1v) is 6.52. The molecule has 0 aromatic heterocycles. The number of rotatable bonds is 3. The SMILES string of the molecule is CC(C)c1cc(Oc2ccc(C(F)(F)F)cc2)ccc1N. The van der Waals surface area contributed by atoms with Crippen LogP contribution in [-0.2, 0) is 6.18 Å². The van der Waals surface area contributed by atoms with Gasteiger partial charge in [-0.25, -0.2) is 0 Å². The fraction of sp³-hybridized carbons (Fsp3) is 0.250. The summed E-state index contributed by atoms with van der Waals surface area (Å²) >= 11 is 0. The van der Waals surface area contributed by atoms with E-state index in [2.05, 4.69) is 0 Å². The van der Waals surface area contributed by atoms with Gasteiger partial charge in [-0.15, -0.1) is 0 Å². The Balaban J connectivity index is 2.21. The molecule has 2 aromatic carbocycles. The first-order chi connectivity index (χ1) is 9.77. The fourth-order valence-corrected chi connectivity index (χ4v) is 1.96. The summed E-state index contributed by atoms with van der Waals surface area (Å²) in [5.41, 5.74) is 6.79. The van der Waals surface area contributed by atoms with Crippen LogP contribution < -0.4 is 10.5 Å². The lowest BCUT2D eigenvalue weighted by molar-refractivity contribution is -0.137. The highest BCUT2D eigenvalue weighted by molar-refractivity contribution is 5.52. The Kier molecular flexibility index (Phi) is 4.11. The molecule has 2 aromatic rings. The number of ether oxygens (including phenoxy) is 1. The molecule has 5 heteroatoms. The topological polar surface area (TPSA) is 35.2 Å². The van der Waals surface area contributed by atoms with Crippen molar-refractivity contribution in [2.75, 3.05) is 5.73 Å². The summed E-state index contributed by atoms with van der Waals surface area (Å²) in [5, 5.41) is 0. The molecule has 0 saturated carbocycles. The Hall–Kier alpha value is -2.17. The molecule has 2 rings (SSSR count). The third kappa shape index (κ3) is 3.68. The van der Waals surface area contributed by atoms with E-state index in [1.165, 1.54) is 12.1 Å². The highest BCUT2D eigenvalue weighted by atomic mass is 19.4. The quantitative estimate of drug-likeness (QED) is 0.789. The third-order valence-electron chi connectivity index (χ3n) is 3.10. The second-order valence-corrected chi connectivity index (χ2v) is 5.07. The van der Waals surface area contributed by atoms with Crippen LogP contribution in [0.5, 0.6) is 11.5 Å². The molecule has 0 saturated heterocycles. The van der Waals surface area contributed by atoms with Gasteiger partial charge in [-0.05, 0) is 53.9 Å². The molecule has 0 fully saturated rings. The smallest absolute Gasteiger partial charge is 0.416 e. The number of anilines is 1. The van der Waals surface area contributed by atoms with Crippen LogP contribution >= 0.6 is 0 Å². The molecule has 0 bridgehead atoms. The monoisotopic (exact) mass is 295 g/mol. The minimum atomic E-state index is -4.34. The van der Waals surface area contributed by atoms with Gasteiger partial charge < -0.3 is 10.5 Å². The van der Waals surface area contributed by atoms with Crippen molar-refractivity contribution in [1.29, 1.82) is 0 Å². The average molecular weight is 295 g/mol. The second kappa shape index (κ2) is 5.68. The third-order valence-corrected chi connectivity index (χ3v) is 3.10. The maximum absolute atomic E-state index is 12.5. The Morgan fingerprint density at radius 2 is 1.52 bits per heavy atom. The van der Waals surface area contributed by atoms with Gasteiger partial charge in [0.25, 0.3) is 0 Å². The highest BCUT2D eigenvalue weighted by Gasteiger charge is 2.30. The van der Waals surface area contributed by atoms with Gasteiger partial charge in [-0.3, -0.25) is 0 Å². The molecule has 0 spiro atoms. The maximum atomic E-state index is 12.5. The van der Waals surface area contributed by atoms with E-state index in [1.54, 1.807) is 18.2 Å². The molecular weight excluding hydrogens is 279 g/mol. The molecule has 0 amide bonds. The van der Waals surface area contributed by atoms with Gasteiger partial charge in [0.15, 0.2) is 0 Å². The number of hydrogen-bond acceptors (Lipinski definition) is 2. The van der Waals surface area contributed by atoms with Gasteiger partial charge in [0.1, 0.15) is 11.5 Å². The summed E-state index contributed by atoms with van der Waals surface area (Å²) in [6.45, 7) is 4.02. The van der Waals surface area contributed by atoms with Gasteiger partial charge >= 0.3 is 6.18 Å². The lowest BCUT2D eigenvalue weighted by Crippen LogP contribution is -2.04. The summed E-state index contributed by atoms with van der Waals surface area (Å²) in [5.74, 6) is 1.14. The van der Waals surface area contributed by atoms with Crippen molar-refractivity contribution in [2.24, 2.45) is 0 Å². The summed E-state index contributed by atoms with van der Waals surface area (Å²) in [6.07, 6.45) is -4.34. The van der Waals surface area contributed by atoms with E-state index < -0.39 is 11.7 Å². The van der Waals surface area contributed by atoms with Crippen molar-refractivity contribution < 1.29 is 17.9 Å². The number of halogens is 3. The molecule has 0 aliphatic carbocycles. The van der Waals surface area contributed by atoms with E-state index in [-0.39, 0.29) is 5.92 Å². The van der Waals surface area contributed by atoms with Crippen LogP contribution in [-0.4, -0.2) is 0 Å². The standard InChI is InChI=1S/C16H16F3NO/c1-10(2)14-9-13(7-8-15(14)20)21-12-5-3-11(4-6-12)16(17,18)19/h3-10H,20H2,1-2H3. The Labute approximate surface area is 121 Å². The predicted molar refractivity (Wildman–Crippen MR) is 76.5 cm³/mol. The Morgan fingerprint density at radius 3 is 2.05 bits per heavy atom. The lowest BCUT2D eigenvalue weighted by Gasteiger charge is -2.13. The van der Waals surface area contributed by atoms with Crippen LogP contribution in [0.1, 0.15) is 30.9 Å². The largest absolute Gasteiger partial charge is 0.457 e. The van der Waals surface area contributed by atoms with E-state index in [0.29, 0.717) is 17.2 Å². The summed E-state index contributed by atoms with van der Waals surface area (Å²) in [4.78, 5) is 0. The van der Waals surface area contributed by atoms with Crippen LogP contribution in [0.25, 0.3) is 0 Å². The molecule has 112 valence electrons. The van der Waals surface area contributed by atoms with Crippen molar-refractivity contribution in [3.63, 3.8) is 0 Å². The average Bonchev–Trinajstić information content (AvgIpc) is 2.40. The maximum Gasteiger partial charge on any atom is 0.416 e. The molecule has 0 aliphatic rings. The first-order valence-electron chi connectivity index (χ1n) is 6.52. The minimum Gasteiger partial charge on any atom is -0.457 e. The van der Waals surface area contributed by atoms with Crippen molar-refractivity contribution in [3.05, 3.63) is 53.6 Å². The van der Waals surface area contributed by atoms with Crippen molar-refractivity contribution >= 4 is 5.69 Å². The number of nitrogens with two attached hydrogens (primary N) is 1. The number of alkyl halides is 3. The zero-order chi connectivity index (χ0) is 15.6. The minimum absolute atomic E-state index is 0.237. The van der Waals surface area contributed by atoms with Crippen molar-refractivity contribution in [1.82, 2.24) is 0 Å². The molecule has 0 unspecified atom stereocenters. The molecule has 2 nitrogen and oxygen atoms in total. The highest BCUT2D eigenvalue weighted by Crippen LogP contribution is 2.32. The number of nitrogen functional groups attached to an aromatic ring is 1. The zero-order valence-electron chi connectivity index (χ0n) is 11.7. The van der Waals surface area contributed by atoms with Gasteiger partial charge in [-0.2, -0.15) is 13.2 Å². The molecule has 0 radical (unpaired) electrons. The van der Waals surface area contributed by atoms with Crippen molar-refractivity contribution in [3.8, 4) is 11.5 Å². The summed E-state index contributed by atoms with van der Waals surface area (Å²) < 4.78 is 43.0. The van der Waals surface area contributed by atoms with Gasteiger partial charge in [0, 0.05) is 5.69 Å². The number of hydrogen-bond donors (Lipinski definition) is 1. The Bertz CT molecular complexity index is 618. The van der Waals surface area contributed by atoms with Crippen LogP contribution in [0.4, 0.5) is 18.9 Å². The molecule has 21 heavy (non-hydrogen) atoms. The molecule has 2 N–H and O–H groups in total. The van der Waals surface area contributed by atoms with Gasteiger partial charge in [-0.1, -0.05) is 13.8 Å². The lowest BCUT2D eigenvalue weighted by atomic mass is 10.0. The van der Waals surface area contributed by atoms with Crippen molar-refractivity contribution in [2.45, 2.75) is 25.9 Å².